The highest BCUT2D eigenvalue weighted by molar-refractivity contribution is 5.81. The molecule has 0 radical (unpaired) electrons. The van der Waals surface area contributed by atoms with Gasteiger partial charge in [-0.15, -0.1) is 0 Å². The first-order valence-electron chi connectivity index (χ1n) is 10.6. The van der Waals surface area contributed by atoms with Crippen LogP contribution in [0.5, 0.6) is 0 Å². The van der Waals surface area contributed by atoms with Gasteiger partial charge in [-0.05, 0) is 12.8 Å². The number of aliphatic carboxylic acids is 1. The Kier molecular flexibility index (Phi) is 14.4. The minimum atomic E-state index is -0.966. The summed E-state index contributed by atoms with van der Waals surface area (Å²) in [5.74, 6) is -1.07. The monoisotopic (exact) mass is 371 g/mol. The molecule has 0 aromatic heterocycles. The van der Waals surface area contributed by atoms with Crippen molar-refractivity contribution in [3.63, 3.8) is 0 Å². The molecule has 154 valence electrons. The van der Waals surface area contributed by atoms with Gasteiger partial charge in [0, 0.05) is 7.05 Å². The highest BCUT2D eigenvalue weighted by atomic mass is 16.4. The van der Waals surface area contributed by atoms with E-state index >= 15 is 0 Å². The summed E-state index contributed by atoms with van der Waals surface area (Å²) in [5, 5.41) is 8.76. The van der Waals surface area contributed by atoms with Crippen LogP contribution in [-0.4, -0.2) is 67.1 Å². The number of rotatable bonds is 17. The number of carboxylic acid groups (broad SMARTS) is 1. The van der Waals surface area contributed by atoms with Crippen LogP contribution in [0.3, 0.4) is 0 Å². The number of amides is 1. The number of quaternary nitrogens is 1. The smallest absolute Gasteiger partial charge is 0.323 e. The molecule has 0 rings (SSSR count). The molecular weight excluding hydrogens is 328 g/mol. The van der Waals surface area contributed by atoms with Crippen LogP contribution in [0.25, 0.3) is 0 Å². The van der Waals surface area contributed by atoms with E-state index in [2.05, 4.69) is 6.92 Å². The lowest BCUT2D eigenvalue weighted by Crippen LogP contribution is -2.49. The van der Waals surface area contributed by atoms with E-state index in [1.54, 1.807) is 7.05 Å². The predicted octanol–water partition coefficient (Wildman–Crippen LogP) is 4.31. The summed E-state index contributed by atoms with van der Waals surface area (Å²) in [4.78, 5) is 24.0. The highest BCUT2D eigenvalue weighted by Crippen LogP contribution is 2.12. The second kappa shape index (κ2) is 15.0. The lowest BCUT2D eigenvalue weighted by Gasteiger charge is -2.30. The van der Waals surface area contributed by atoms with Crippen LogP contribution >= 0.6 is 0 Å². The minimum absolute atomic E-state index is 0.101. The summed E-state index contributed by atoms with van der Waals surface area (Å²) in [7, 11) is 5.65. The van der Waals surface area contributed by atoms with Gasteiger partial charge in [-0.1, -0.05) is 71.1 Å². The standard InChI is InChI=1S/C21H42N2O3/c1-5-6-7-8-9-10-11-12-13-14-15-16-17-23(3,4)19-20(24)22(2)18-21(25)26/h5-19H2,1-4H3/p+1. The van der Waals surface area contributed by atoms with Crippen molar-refractivity contribution in [1.29, 1.82) is 0 Å². The summed E-state index contributed by atoms with van der Waals surface area (Å²) in [6, 6.07) is 0. The number of nitrogens with zero attached hydrogens (tertiary/aromatic N) is 2. The van der Waals surface area contributed by atoms with Gasteiger partial charge in [0.25, 0.3) is 5.91 Å². The van der Waals surface area contributed by atoms with E-state index in [9.17, 15) is 9.59 Å². The van der Waals surface area contributed by atoms with Crippen molar-refractivity contribution in [3.8, 4) is 0 Å². The summed E-state index contributed by atoms with van der Waals surface area (Å²) in [6.07, 6.45) is 16.0. The molecular formula is C21H43N2O3+. The molecule has 0 saturated heterocycles. The van der Waals surface area contributed by atoms with Gasteiger partial charge in [0.2, 0.25) is 0 Å². The number of carboxylic acids is 1. The second-order valence-electron chi connectivity index (χ2n) is 8.35. The number of carbonyl (C=O) groups excluding carboxylic acids is 1. The normalized spacial score (nSPS) is 11.5. The largest absolute Gasteiger partial charge is 0.480 e. The molecule has 0 aromatic rings. The van der Waals surface area contributed by atoms with Gasteiger partial charge in [0.15, 0.2) is 6.54 Å². The van der Waals surface area contributed by atoms with Gasteiger partial charge >= 0.3 is 5.97 Å². The van der Waals surface area contributed by atoms with Crippen molar-refractivity contribution < 1.29 is 19.2 Å². The molecule has 26 heavy (non-hydrogen) atoms. The topological polar surface area (TPSA) is 57.6 Å². The predicted molar refractivity (Wildman–Crippen MR) is 108 cm³/mol. The molecule has 0 aliphatic rings. The quantitative estimate of drug-likeness (QED) is 0.306. The third kappa shape index (κ3) is 15.2. The zero-order valence-electron chi connectivity index (χ0n) is 17.8. The third-order valence-electron chi connectivity index (χ3n) is 4.98. The Labute approximate surface area is 161 Å². The molecule has 0 aromatic carbocycles. The summed E-state index contributed by atoms with van der Waals surface area (Å²) >= 11 is 0. The van der Waals surface area contributed by atoms with E-state index in [0.717, 1.165) is 13.0 Å². The molecule has 0 atom stereocenters. The van der Waals surface area contributed by atoms with Crippen LogP contribution in [0.4, 0.5) is 0 Å². The highest BCUT2D eigenvalue weighted by Gasteiger charge is 2.23. The van der Waals surface area contributed by atoms with E-state index in [0.29, 0.717) is 11.0 Å². The molecule has 0 saturated carbocycles. The van der Waals surface area contributed by atoms with E-state index in [4.69, 9.17) is 5.11 Å². The molecule has 0 spiro atoms. The maximum Gasteiger partial charge on any atom is 0.323 e. The van der Waals surface area contributed by atoms with Gasteiger partial charge in [-0.3, -0.25) is 9.59 Å². The van der Waals surface area contributed by atoms with Crippen LogP contribution in [0.2, 0.25) is 0 Å². The lowest BCUT2D eigenvalue weighted by molar-refractivity contribution is -0.882. The van der Waals surface area contributed by atoms with Gasteiger partial charge in [-0.2, -0.15) is 0 Å². The average Bonchev–Trinajstić information content (AvgIpc) is 2.54. The van der Waals surface area contributed by atoms with E-state index in [-0.39, 0.29) is 12.5 Å². The Morgan fingerprint density at radius 2 is 1.23 bits per heavy atom. The molecule has 0 aliphatic carbocycles. The number of carbonyl (C=O) groups is 2. The Hall–Kier alpha value is -1.10. The molecule has 5 heteroatoms. The van der Waals surface area contributed by atoms with Gasteiger partial charge in [0.1, 0.15) is 6.54 Å². The Bertz CT molecular complexity index is 383. The van der Waals surface area contributed by atoms with Crippen LogP contribution in [0.1, 0.15) is 84.0 Å². The van der Waals surface area contributed by atoms with E-state index < -0.39 is 5.97 Å². The van der Waals surface area contributed by atoms with E-state index in [1.807, 2.05) is 14.1 Å². The fourth-order valence-electron chi connectivity index (χ4n) is 3.24. The number of likely N-dealkylation sites (N-methyl/N-ethyl adjacent to an activating group) is 2. The first-order chi connectivity index (χ1) is 12.3. The van der Waals surface area contributed by atoms with Crippen LogP contribution in [0.15, 0.2) is 0 Å². The molecule has 0 unspecified atom stereocenters. The number of unbranched alkanes of at least 4 members (excludes halogenated alkanes) is 11. The SMILES string of the molecule is CCCCCCCCCCCCCC[N+](C)(C)CC(=O)N(C)CC(=O)O. The van der Waals surface area contributed by atoms with Crippen molar-refractivity contribution in [2.45, 2.75) is 84.0 Å². The third-order valence-corrected chi connectivity index (χ3v) is 4.98. The lowest BCUT2D eigenvalue weighted by atomic mass is 10.1. The molecule has 0 fully saturated rings. The average molecular weight is 372 g/mol. The first-order valence-corrected chi connectivity index (χ1v) is 10.6. The number of hydrogen-bond acceptors (Lipinski definition) is 2. The van der Waals surface area contributed by atoms with Gasteiger partial charge in [0.05, 0.1) is 20.6 Å². The molecule has 1 N–H and O–H groups in total. The van der Waals surface area contributed by atoms with E-state index in [1.165, 1.54) is 75.5 Å². The Balaban J connectivity index is 3.61. The maximum atomic E-state index is 12.1. The van der Waals surface area contributed by atoms with Crippen molar-refractivity contribution in [2.24, 2.45) is 0 Å². The Morgan fingerprint density at radius 3 is 1.65 bits per heavy atom. The van der Waals surface area contributed by atoms with Crippen LogP contribution in [0, 0.1) is 0 Å². The summed E-state index contributed by atoms with van der Waals surface area (Å²) in [5.41, 5.74) is 0. The Morgan fingerprint density at radius 1 is 0.808 bits per heavy atom. The molecule has 0 bridgehead atoms. The maximum absolute atomic E-state index is 12.1. The molecule has 5 nitrogen and oxygen atoms in total. The fraction of sp³-hybridized carbons (Fsp3) is 0.905. The second-order valence-corrected chi connectivity index (χ2v) is 8.35. The van der Waals surface area contributed by atoms with Crippen molar-refractivity contribution in [2.75, 3.05) is 40.8 Å². The van der Waals surface area contributed by atoms with Crippen LogP contribution < -0.4 is 0 Å². The first kappa shape index (κ1) is 24.9. The fourth-order valence-corrected chi connectivity index (χ4v) is 3.24. The molecule has 1 amide bonds. The number of hydrogen-bond donors (Lipinski definition) is 1. The molecule has 0 heterocycles. The summed E-state index contributed by atoms with van der Waals surface area (Å²) in [6.45, 7) is 3.36. The van der Waals surface area contributed by atoms with Crippen molar-refractivity contribution in [3.05, 3.63) is 0 Å². The van der Waals surface area contributed by atoms with Crippen molar-refractivity contribution >= 4 is 11.9 Å². The summed E-state index contributed by atoms with van der Waals surface area (Å²) < 4.78 is 0.626. The van der Waals surface area contributed by atoms with Crippen molar-refractivity contribution in [1.82, 2.24) is 4.90 Å². The zero-order chi connectivity index (χ0) is 19.8. The zero-order valence-corrected chi connectivity index (χ0v) is 17.8. The minimum Gasteiger partial charge on any atom is -0.480 e. The molecule has 0 aliphatic heterocycles. The van der Waals surface area contributed by atoms with Crippen LogP contribution in [-0.2, 0) is 9.59 Å². The van der Waals surface area contributed by atoms with Gasteiger partial charge in [-0.25, -0.2) is 0 Å². The van der Waals surface area contributed by atoms with Gasteiger partial charge < -0.3 is 14.5 Å².